The van der Waals surface area contributed by atoms with Gasteiger partial charge in [-0.15, -0.1) is 0 Å². The Kier molecular flexibility index (Phi) is 6.83. The normalized spacial score (nSPS) is 11.5. The van der Waals surface area contributed by atoms with Crippen LogP contribution < -0.4 is 15.6 Å². The number of aryl methyl sites for hydroxylation is 1. The first-order valence-electron chi connectivity index (χ1n) is 8.04. The van der Waals surface area contributed by atoms with Crippen LogP contribution in [-0.2, 0) is 16.0 Å². The van der Waals surface area contributed by atoms with Crippen molar-refractivity contribution in [1.29, 1.82) is 0 Å². The average molecular weight is 361 g/mol. The Labute approximate surface area is 152 Å². The quantitative estimate of drug-likeness (QED) is 0.777. The van der Waals surface area contributed by atoms with Crippen LogP contribution in [0.5, 0.6) is 5.75 Å². The van der Waals surface area contributed by atoms with Crippen LogP contribution in [0.2, 0.25) is 5.02 Å². The molecule has 132 valence electrons. The van der Waals surface area contributed by atoms with E-state index >= 15 is 0 Å². The summed E-state index contributed by atoms with van der Waals surface area (Å²) < 4.78 is 5.67. The van der Waals surface area contributed by atoms with Crippen molar-refractivity contribution in [2.24, 2.45) is 0 Å². The van der Waals surface area contributed by atoms with Gasteiger partial charge in [-0.1, -0.05) is 48.4 Å². The number of rotatable bonds is 6. The molecule has 6 heteroatoms. The predicted octanol–water partition coefficient (Wildman–Crippen LogP) is 3.20. The summed E-state index contributed by atoms with van der Waals surface area (Å²) in [5.74, 6) is -0.103. The van der Waals surface area contributed by atoms with E-state index in [0.29, 0.717) is 17.2 Å². The molecule has 1 atom stereocenters. The third-order valence-electron chi connectivity index (χ3n) is 3.57. The maximum absolute atomic E-state index is 12.2. The molecule has 0 aliphatic carbocycles. The van der Waals surface area contributed by atoms with Crippen molar-refractivity contribution in [1.82, 2.24) is 10.9 Å². The Bertz CT molecular complexity index is 714. The van der Waals surface area contributed by atoms with Gasteiger partial charge < -0.3 is 4.74 Å². The number of hydrogen-bond acceptors (Lipinski definition) is 3. The van der Waals surface area contributed by atoms with Crippen molar-refractivity contribution >= 4 is 23.4 Å². The summed E-state index contributed by atoms with van der Waals surface area (Å²) >= 11 is 5.81. The second-order valence-corrected chi connectivity index (χ2v) is 6.10. The van der Waals surface area contributed by atoms with Gasteiger partial charge in [0.25, 0.3) is 5.91 Å². The van der Waals surface area contributed by atoms with Crippen molar-refractivity contribution in [3.63, 3.8) is 0 Å². The summed E-state index contributed by atoms with van der Waals surface area (Å²) in [5.41, 5.74) is 6.73. The molecule has 0 heterocycles. The molecule has 2 N–H and O–H groups in total. The van der Waals surface area contributed by atoms with E-state index in [-0.39, 0.29) is 12.3 Å². The molecule has 5 nitrogen and oxygen atoms in total. The molecule has 2 aromatic carbocycles. The number of amides is 2. The van der Waals surface area contributed by atoms with E-state index < -0.39 is 12.0 Å². The van der Waals surface area contributed by atoms with Gasteiger partial charge in [0.2, 0.25) is 5.91 Å². The molecule has 25 heavy (non-hydrogen) atoms. The SMILES string of the molecule is CC[C@@H](Oc1ccc(C)cc1)C(=O)NNC(=O)Cc1ccc(Cl)cc1. The van der Waals surface area contributed by atoms with Crippen LogP contribution in [0.25, 0.3) is 0 Å². The summed E-state index contributed by atoms with van der Waals surface area (Å²) in [6.07, 6.45) is -0.0571. The molecule has 0 unspecified atom stereocenters. The fourth-order valence-electron chi connectivity index (χ4n) is 2.15. The van der Waals surface area contributed by atoms with Gasteiger partial charge in [-0.25, -0.2) is 0 Å². The lowest BCUT2D eigenvalue weighted by atomic mass is 10.1. The van der Waals surface area contributed by atoms with E-state index in [1.54, 1.807) is 24.3 Å². The van der Waals surface area contributed by atoms with E-state index in [2.05, 4.69) is 10.9 Å². The van der Waals surface area contributed by atoms with E-state index in [1.165, 1.54) is 0 Å². The van der Waals surface area contributed by atoms with Crippen LogP contribution in [0.3, 0.4) is 0 Å². The third kappa shape index (κ3) is 6.12. The monoisotopic (exact) mass is 360 g/mol. The largest absolute Gasteiger partial charge is 0.481 e. The summed E-state index contributed by atoms with van der Waals surface area (Å²) in [4.78, 5) is 24.1. The average Bonchev–Trinajstić information content (AvgIpc) is 2.61. The zero-order valence-electron chi connectivity index (χ0n) is 14.2. The molecule has 2 aromatic rings. The number of hydrazine groups is 1. The predicted molar refractivity (Wildman–Crippen MR) is 97.3 cm³/mol. The van der Waals surface area contributed by atoms with Gasteiger partial charge in [0.15, 0.2) is 6.10 Å². The number of hydrogen-bond donors (Lipinski definition) is 2. The number of benzene rings is 2. The number of carbonyl (C=O) groups is 2. The highest BCUT2D eigenvalue weighted by Crippen LogP contribution is 2.14. The summed E-state index contributed by atoms with van der Waals surface area (Å²) in [6, 6.07) is 14.4. The summed E-state index contributed by atoms with van der Waals surface area (Å²) in [5, 5.41) is 0.608. The fourth-order valence-corrected chi connectivity index (χ4v) is 2.27. The molecule has 0 saturated heterocycles. The fraction of sp³-hybridized carbons (Fsp3) is 0.263. The third-order valence-corrected chi connectivity index (χ3v) is 3.82. The van der Waals surface area contributed by atoms with Crippen molar-refractivity contribution in [3.8, 4) is 5.75 Å². The van der Waals surface area contributed by atoms with E-state index in [1.807, 2.05) is 38.1 Å². The lowest BCUT2D eigenvalue weighted by Crippen LogP contribution is -2.48. The van der Waals surface area contributed by atoms with Crippen LogP contribution in [0.1, 0.15) is 24.5 Å². The first kappa shape index (κ1) is 18.8. The van der Waals surface area contributed by atoms with Crippen LogP contribution in [-0.4, -0.2) is 17.9 Å². The Morgan fingerprint density at radius 3 is 2.28 bits per heavy atom. The molecule has 0 spiro atoms. The molecule has 2 amide bonds. The molecule has 0 aliphatic heterocycles. The Morgan fingerprint density at radius 1 is 1.04 bits per heavy atom. The van der Waals surface area contributed by atoms with Crippen LogP contribution >= 0.6 is 11.6 Å². The second kappa shape index (κ2) is 9.08. The standard InChI is InChI=1S/C19H21ClN2O3/c1-3-17(25-16-10-4-13(2)5-11-16)19(24)22-21-18(23)12-14-6-8-15(20)9-7-14/h4-11,17H,3,12H2,1-2H3,(H,21,23)(H,22,24)/t17-/m1/s1. The maximum Gasteiger partial charge on any atom is 0.279 e. The molecule has 0 aromatic heterocycles. The first-order chi connectivity index (χ1) is 12.0. The molecular formula is C19H21ClN2O3. The highest BCUT2D eigenvalue weighted by atomic mass is 35.5. The molecule has 0 aliphatic rings. The minimum absolute atomic E-state index is 0.146. The molecule has 2 rings (SSSR count). The summed E-state index contributed by atoms with van der Waals surface area (Å²) in [6.45, 7) is 3.82. The van der Waals surface area contributed by atoms with Gasteiger partial charge in [-0.2, -0.15) is 0 Å². The highest BCUT2D eigenvalue weighted by Gasteiger charge is 2.19. The summed E-state index contributed by atoms with van der Waals surface area (Å²) in [7, 11) is 0. The zero-order chi connectivity index (χ0) is 18.2. The first-order valence-corrected chi connectivity index (χ1v) is 8.42. The number of halogens is 1. The lowest BCUT2D eigenvalue weighted by molar-refractivity contribution is -0.133. The van der Waals surface area contributed by atoms with Gasteiger partial charge in [-0.05, 0) is 43.2 Å². The van der Waals surface area contributed by atoms with Crippen LogP contribution in [0, 0.1) is 6.92 Å². The maximum atomic E-state index is 12.2. The smallest absolute Gasteiger partial charge is 0.279 e. The van der Waals surface area contributed by atoms with E-state index in [9.17, 15) is 9.59 Å². The van der Waals surface area contributed by atoms with Crippen molar-refractivity contribution in [3.05, 3.63) is 64.7 Å². The Balaban J connectivity index is 1.83. The van der Waals surface area contributed by atoms with Gasteiger partial charge in [0.1, 0.15) is 5.75 Å². The van der Waals surface area contributed by atoms with Crippen molar-refractivity contribution < 1.29 is 14.3 Å². The topological polar surface area (TPSA) is 67.4 Å². The van der Waals surface area contributed by atoms with Crippen molar-refractivity contribution in [2.75, 3.05) is 0 Å². The van der Waals surface area contributed by atoms with Crippen molar-refractivity contribution in [2.45, 2.75) is 32.8 Å². The Morgan fingerprint density at radius 2 is 1.68 bits per heavy atom. The van der Waals surface area contributed by atoms with Gasteiger partial charge in [0, 0.05) is 5.02 Å². The molecular weight excluding hydrogens is 340 g/mol. The molecule has 0 saturated carbocycles. The lowest BCUT2D eigenvalue weighted by Gasteiger charge is -2.17. The van der Waals surface area contributed by atoms with E-state index in [0.717, 1.165) is 11.1 Å². The molecule has 0 radical (unpaired) electrons. The van der Waals surface area contributed by atoms with Crippen LogP contribution in [0.15, 0.2) is 48.5 Å². The van der Waals surface area contributed by atoms with Gasteiger partial charge in [0.05, 0.1) is 6.42 Å². The zero-order valence-corrected chi connectivity index (χ0v) is 15.0. The molecule has 0 fully saturated rings. The van der Waals surface area contributed by atoms with Crippen LogP contribution in [0.4, 0.5) is 0 Å². The highest BCUT2D eigenvalue weighted by molar-refractivity contribution is 6.30. The van der Waals surface area contributed by atoms with E-state index in [4.69, 9.17) is 16.3 Å². The minimum Gasteiger partial charge on any atom is -0.481 e. The Hall–Kier alpha value is -2.53. The molecule has 0 bridgehead atoms. The number of carbonyl (C=O) groups excluding carboxylic acids is 2. The van der Waals surface area contributed by atoms with Gasteiger partial charge in [-0.3, -0.25) is 20.4 Å². The van der Waals surface area contributed by atoms with Gasteiger partial charge >= 0.3 is 0 Å². The minimum atomic E-state index is -0.682. The second-order valence-electron chi connectivity index (χ2n) is 5.67. The number of nitrogens with one attached hydrogen (secondary N) is 2. The number of ether oxygens (including phenoxy) is 1.